The molecule has 0 spiro atoms. The van der Waals surface area contributed by atoms with Gasteiger partial charge in [0.15, 0.2) is 0 Å². The molecule has 1 atom stereocenters. The summed E-state index contributed by atoms with van der Waals surface area (Å²) in [6.45, 7) is 9.31. The van der Waals surface area contributed by atoms with E-state index in [-0.39, 0.29) is 0 Å². The maximum Gasteiger partial charge on any atom is 0.0449 e. The Morgan fingerprint density at radius 2 is 1.71 bits per heavy atom. The number of nitrogens with one attached hydrogen (secondary N) is 1. The predicted octanol–water partition coefficient (Wildman–Crippen LogP) is 4.17. The summed E-state index contributed by atoms with van der Waals surface area (Å²) in [7, 11) is 0. The fraction of sp³-hybridized carbons (Fsp3) is 0.684. The quantitative estimate of drug-likeness (QED) is 0.772. The van der Waals surface area contributed by atoms with Crippen molar-refractivity contribution in [1.29, 1.82) is 0 Å². The molecule has 1 aliphatic heterocycles. The van der Waals surface area contributed by atoms with Gasteiger partial charge in [0, 0.05) is 12.6 Å². The number of benzene rings is 1. The highest BCUT2D eigenvalue weighted by Crippen LogP contribution is 2.19. The van der Waals surface area contributed by atoms with E-state index in [1.807, 2.05) is 0 Å². The van der Waals surface area contributed by atoms with Gasteiger partial charge in [-0.25, -0.2) is 0 Å². The average Bonchev–Trinajstić information content (AvgIpc) is 2.53. The van der Waals surface area contributed by atoms with Gasteiger partial charge < -0.3 is 10.2 Å². The molecule has 1 saturated heterocycles. The van der Waals surface area contributed by atoms with Crippen LogP contribution in [0.15, 0.2) is 24.3 Å². The van der Waals surface area contributed by atoms with Crippen molar-refractivity contribution < 1.29 is 0 Å². The molecule has 1 fully saturated rings. The van der Waals surface area contributed by atoms with Crippen molar-refractivity contribution in [3.05, 3.63) is 35.4 Å². The van der Waals surface area contributed by atoms with E-state index in [0.29, 0.717) is 6.04 Å². The Kier molecular flexibility index (Phi) is 7.25. The third-order valence-electron chi connectivity index (χ3n) is 4.45. The maximum atomic E-state index is 3.74. The number of aryl methyl sites for hydroxylation is 1. The highest BCUT2D eigenvalue weighted by Gasteiger charge is 2.17. The molecular formula is C19H32N2. The van der Waals surface area contributed by atoms with E-state index in [0.717, 1.165) is 13.1 Å². The molecule has 2 rings (SSSR count). The monoisotopic (exact) mass is 288 g/mol. The molecule has 0 radical (unpaired) electrons. The highest BCUT2D eigenvalue weighted by atomic mass is 15.2. The summed E-state index contributed by atoms with van der Waals surface area (Å²) in [5.74, 6) is 0. The van der Waals surface area contributed by atoms with E-state index in [2.05, 4.69) is 48.3 Å². The molecule has 118 valence electrons. The van der Waals surface area contributed by atoms with Crippen molar-refractivity contribution in [2.24, 2.45) is 0 Å². The maximum absolute atomic E-state index is 3.74. The van der Waals surface area contributed by atoms with Crippen LogP contribution in [-0.4, -0.2) is 31.1 Å². The van der Waals surface area contributed by atoms with Crippen molar-refractivity contribution >= 4 is 0 Å². The zero-order valence-electron chi connectivity index (χ0n) is 13.9. The Morgan fingerprint density at radius 3 is 2.33 bits per heavy atom. The van der Waals surface area contributed by atoms with Crippen molar-refractivity contribution in [2.45, 2.75) is 58.4 Å². The Hall–Kier alpha value is -0.860. The largest absolute Gasteiger partial charge is 0.309 e. The first-order valence-electron chi connectivity index (χ1n) is 8.88. The van der Waals surface area contributed by atoms with Crippen LogP contribution >= 0.6 is 0 Å². The van der Waals surface area contributed by atoms with Gasteiger partial charge in [-0.2, -0.15) is 0 Å². The van der Waals surface area contributed by atoms with E-state index >= 15 is 0 Å². The first kappa shape index (κ1) is 16.5. The normalized spacial score (nSPS) is 17.8. The predicted molar refractivity (Wildman–Crippen MR) is 91.8 cm³/mol. The molecule has 1 aromatic rings. The summed E-state index contributed by atoms with van der Waals surface area (Å²) in [5.41, 5.74) is 2.92. The van der Waals surface area contributed by atoms with Gasteiger partial charge in [0.2, 0.25) is 0 Å². The van der Waals surface area contributed by atoms with Gasteiger partial charge in [-0.1, -0.05) is 51.0 Å². The number of likely N-dealkylation sites (tertiary alicyclic amines) is 1. The molecule has 21 heavy (non-hydrogen) atoms. The second-order valence-electron chi connectivity index (χ2n) is 6.36. The summed E-state index contributed by atoms with van der Waals surface area (Å²) >= 11 is 0. The van der Waals surface area contributed by atoms with Crippen LogP contribution in [0.4, 0.5) is 0 Å². The Morgan fingerprint density at radius 1 is 1.00 bits per heavy atom. The third-order valence-corrected chi connectivity index (χ3v) is 4.45. The fourth-order valence-corrected chi connectivity index (χ4v) is 3.21. The molecule has 2 heteroatoms. The standard InChI is InChI=1S/C19H32N2/c1-3-8-17-9-11-18(12-10-17)19(20-13-4-2)16-21-14-6-5-7-15-21/h9-12,19-20H,3-8,13-16H2,1-2H3. The van der Waals surface area contributed by atoms with Crippen LogP contribution in [0.3, 0.4) is 0 Å². The second-order valence-corrected chi connectivity index (χ2v) is 6.36. The molecular weight excluding hydrogens is 256 g/mol. The molecule has 1 unspecified atom stereocenters. The van der Waals surface area contributed by atoms with Crippen molar-refractivity contribution in [2.75, 3.05) is 26.2 Å². The molecule has 1 N–H and O–H groups in total. The van der Waals surface area contributed by atoms with Crippen LogP contribution in [0.25, 0.3) is 0 Å². The summed E-state index contributed by atoms with van der Waals surface area (Å²) < 4.78 is 0. The van der Waals surface area contributed by atoms with Crippen LogP contribution in [0, 0.1) is 0 Å². The van der Waals surface area contributed by atoms with Crippen LogP contribution in [0.2, 0.25) is 0 Å². The fourth-order valence-electron chi connectivity index (χ4n) is 3.21. The molecule has 1 aromatic carbocycles. The minimum absolute atomic E-state index is 0.485. The van der Waals surface area contributed by atoms with Crippen LogP contribution in [0.1, 0.15) is 63.1 Å². The van der Waals surface area contributed by atoms with Gasteiger partial charge in [0.1, 0.15) is 0 Å². The minimum Gasteiger partial charge on any atom is -0.309 e. The van der Waals surface area contributed by atoms with E-state index < -0.39 is 0 Å². The van der Waals surface area contributed by atoms with Gasteiger partial charge in [0.05, 0.1) is 0 Å². The van der Waals surface area contributed by atoms with Crippen LogP contribution in [0.5, 0.6) is 0 Å². The lowest BCUT2D eigenvalue weighted by molar-refractivity contribution is 0.205. The lowest BCUT2D eigenvalue weighted by atomic mass is 10.0. The smallest absolute Gasteiger partial charge is 0.0449 e. The molecule has 0 aromatic heterocycles. The summed E-state index contributed by atoms with van der Waals surface area (Å²) in [5, 5.41) is 3.74. The molecule has 2 nitrogen and oxygen atoms in total. The van der Waals surface area contributed by atoms with Crippen LogP contribution in [-0.2, 0) is 6.42 Å². The average molecular weight is 288 g/mol. The zero-order chi connectivity index (χ0) is 14.9. The minimum atomic E-state index is 0.485. The van der Waals surface area contributed by atoms with Crippen molar-refractivity contribution in [1.82, 2.24) is 10.2 Å². The van der Waals surface area contributed by atoms with Crippen LogP contribution < -0.4 is 5.32 Å². The second kappa shape index (κ2) is 9.22. The van der Waals surface area contributed by atoms with E-state index in [1.54, 1.807) is 0 Å². The van der Waals surface area contributed by atoms with Gasteiger partial charge in [-0.15, -0.1) is 0 Å². The lowest BCUT2D eigenvalue weighted by Gasteiger charge is -2.31. The number of piperidine rings is 1. The van der Waals surface area contributed by atoms with Gasteiger partial charge in [0.25, 0.3) is 0 Å². The van der Waals surface area contributed by atoms with Gasteiger partial charge in [-0.05, 0) is 56.4 Å². The molecule has 0 saturated carbocycles. The number of rotatable bonds is 8. The zero-order valence-corrected chi connectivity index (χ0v) is 13.9. The highest BCUT2D eigenvalue weighted by molar-refractivity contribution is 5.25. The number of nitrogens with zero attached hydrogens (tertiary/aromatic N) is 1. The molecule has 0 bridgehead atoms. The third kappa shape index (κ3) is 5.44. The summed E-state index contributed by atoms with van der Waals surface area (Å²) in [4.78, 5) is 2.64. The van der Waals surface area contributed by atoms with Gasteiger partial charge in [-0.3, -0.25) is 0 Å². The van der Waals surface area contributed by atoms with Gasteiger partial charge >= 0.3 is 0 Å². The molecule has 1 heterocycles. The molecule has 1 aliphatic rings. The summed E-state index contributed by atoms with van der Waals surface area (Å²) in [6, 6.07) is 9.79. The SMILES string of the molecule is CCCNC(CN1CCCCC1)c1ccc(CCC)cc1. The van der Waals surface area contributed by atoms with Crippen molar-refractivity contribution in [3.63, 3.8) is 0 Å². The summed E-state index contributed by atoms with van der Waals surface area (Å²) in [6.07, 6.45) is 7.77. The molecule has 0 amide bonds. The van der Waals surface area contributed by atoms with E-state index in [4.69, 9.17) is 0 Å². The molecule has 0 aliphatic carbocycles. The number of hydrogen-bond acceptors (Lipinski definition) is 2. The lowest BCUT2D eigenvalue weighted by Crippen LogP contribution is -2.38. The Bertz CT molecular complexity index is 379. The van der Waals surface area contributed by atoms with Crippen molar-refractivity contribution in [3.8, 4) is 0 Å². The first-order chi connectivity index (χ1) is 10.3. The Labute approximate surface area is 130 Å². The van der Waals surface area contributed by atoms with E-state index in [1.165, 1.54) is 62.7 Å². The Balaban J connectivity index is 1.99. The first-order valence-corrected chi connectivity index (χ1v) is 8.88. The number of hydrogen-bond donors (Lipinski definition) is 1. The topological polar surface area (TPSA) is 15.3 Å². The van der Waals surface area contributed by atoms with E-state index in [9.17, 15) is 0 Å².